The van der Waals surface area contributed by atoms with E-state index >= 15 is 0 Å². The van der Waals surface area contributed by atoms with E-state index in [1.807, 2.05) is 51.1 Å². The van der Waals surface area contributed by atoms with E-state index < -0.39 is 28.5 Å². The molecule has 1 unspecified atom stereocenters. The van der Waals surface area contributed by atoms with Crippen molar-refractivity contribution in [3.8, 4) is 0 Å². The van der Waals surface area contributed by atoms with Crippen LogP contribution in [0.4, 0.5) is 5.69 Å². The second-order valence-electron chi connectivity index (χ2n) is 10.1. The number of nitrogens with one attached hydrogen (secondary N) is 1. The molecule has 0 saturated heterocycles. The highest BCUT2D eigenvalue weighted by molar-refractivity contribution is 7.92. The Hall–Kier alpha value is -3.07. The van der Waals surface area contributed by atoms with Gasteiger partial charge >= 0.3 is 0 Å². The van der Waals surface area contributed by atoms with Crippen LogP contribution in [0.1, 0.15) is 31.9 Å². The van der Waals surface area contributed by atoms with Gasteiger partial charge in [0, 0.05) is 23.1 Å². The normalized spacial score (nSPS) is 12.2. The second kappa shape index (κ2) is 14.0. The first-order valence-electron chi connectivity index (χ1n) is 13.0. The number of aryl methyl sites for hydroxylation is 1. The van der Waals surface area contributed by atoms with E-state index in [1.54, 1.807) is 19.1 Å². The van der Waals surface area contributed by atoms with Gasteiger partial charge in [-0.25, -0.2) is 8.42 Å². The predicted molar refractivity (Wildman–Crippen MR) is 161 cm³/mol. The lowest BCUT2D eigenvalue weighted by atomic mass is 10.1. The van der Waals surface area contributed by atoms with Crippen molar-refractivity contribution in [1.29, 1.82) is 0 Å². The smallest absolute Gasteiger partial charge is 0.264 e. The van der Waals surface area contributed by atoms with Gasteiger partial charge in [-0.1, -0.05) is 85.1 Å². The number of anilines is 1. The van der Waals surface area contributed by atoms with Crippen molar-refractivity contribution in [3.63, 3.8) is 0 Å². The summed E-state index contributed by atoms with van der Waals surface area (Å²) in [7, 11) is -4.20. The molecule has 7 nitrogen and oxygen atoms in total. The maximum Gasteiger partial charge on any atom is 0.264 e. The fraction of sp³-hybridized carbons (Fsp3) is 0.333. The number of benzene rings is 3. The molecule has 0 aliphatic carbocycles. The molecule has 0 spiro atoms. The molecule has 3 aromatic carbocycles. The SMILES string of the molecule is Cc1ccc(S(=O)(=O)N(CC(=O)N(CCc2ccccc2)C(C)C(=O)NCC(C)C)c2cc(Cl)cc(Cl)c2)cc1. The minimum Gasteiger partial charge on any atom is -0.354 e. The minimum absolute atomic E-state index is 0.0144. The first kappa shape index (κ1) is 31.5. The third-order valence-electron chi connectivity index (χ3n) is 6.36. The molecule has 0 aliphatic heterocycles. The lowest BCUT2D eigenvalue weighted by Gasteiger charge is -2.32. The van der Waals surface area contributed by atoms with Crippen LogP contribution >= 0.6 is 23.2 Å². The van der Waals surface area contributed by atoms with Gasteiger partial charge in [0.2, 0.25) is 11.8 Å². The maximum atomic E-state index is 13.9. The van der Waals surface area contributed by atoms with Crippen LogP contribution in [-0.4, -0.2) is 50.8 Å². The van der Waals surface area contributed by atoms with E-state index in [4.69, 9.17) is 23.2 Å². The molecular formula is C30H35Cl2N3O4S. The van der Waals surface area contributed by atoms with E-state index in [-0.39, 0.29) is 39.0 Å². The molecule has 0 radical (unpaired) electrons. The summed E-state index contributed by atoms with van der Waals surface area (Å²) in [6.07, 6.45) is 0.488. The standard InChI is InChI=1S/C30H35Cl2N3O4S/c1-21(2)19-33-30(37)23(4)34(15-14-24-8-6-5-7-9-24)29(36)20-35(27-17-25(31)16-26(32)18-27)40(38,39)28-12-10-22(3)11-13-28/h5-13,16-18,21,23H,14-15,19-20H2,1-4H3,(H,33,37). The number of hydrogen-bond donors (Lipinski definition) is 1. The van der Waals surface area contributed by atoms with Crippen LogP contribution in [0.2, 0.25) is 10.0 Å². The number of carbonyl (C=O) groups excluding carboxylic acids is 2. The minimum atomic E-state index is -4.20. The number of nitrogens with zero attached hydrogens (tertiary/aromatic N) is 2. The Balaban J connectivity index is 1.99. The Morgan fingerprint density at radius 3 is 2.08 bits per heavy atom. The molecule has 40 heavy (non-hydrogen) atoms. The van der Waals surface area contributed by atoms with Crippen molar-refractivity contribution in [1.82, 2.24) is 10.2 Å². The first-order valence-corrected chi connectivity index (χ1v) is 15.2. The maximum absolute atomic E-state index is 13.9. The van der Waals surface area contributed by atoms with Gasteiger partial charge in [-0.15, -0.1) is 0 Å². The van der Waals surface area contributed by atoms with E-state index in [9.17, 15) is 18.0 Å². The van der Waals surface area contributed by atoms with Gasteiger partial charge in [0.25, 0.3) is 10.0 Å². The highest BCUT2D eigenvalue weighted by atomic mass is 35.5. The largest absolute Gasteiger partial charge is 0.354 e. The summed E-state index contributed by atoms with van der Waals surface area (Å²) >= 11 is 12.5. The summed E-state index contributed by atoms with van der Waals surface area (Å²) < 4.78 is 28.7. The van der Waals surface area contributed by atoms with E-state index in [2.05, 4.69) is 5.32 Å². The molecule has 0 bridgehead atoms. The average Bonchev–Trinajstić information content (AvgIpc) is 2.90. The third kappa shape index (κ3) is 8.46. The van der Waals surface area contributed by atoms with Crippen LogP contribution in [0.25, 0.3) is 0 Å². The number of amides is 2. The van der Waals surface area contributed by atoms with Crippen molar-refractivity contribution >= 4 is 50.7 Å². The zero-order chi connectivity index (χ0) is 29.4. The molecule has 214 valence electrons. The fourth-order valence-electron chi connectivity index (χ4n) is 4.07. The summed E-state index contributed by atoms with van der Waals surface area (Å²) in [5.41, 5.74) is 2.02. The van der Waals surface area contributed by atoms with Crippen LogP contribution in [0, 0.1) is 12.8 Å². The molecule has 1 N–H and O–H groups in total. The number of carbonyl (C=O) groups is 2. The van der Waals surface area contributed by atoms with Gasteiger partial charge in [0.15, 0.2) is 0 Å². The number of halogens is 2. The van der Waals surface area contributed by atoms with Gasteiger partial charge in [-0.05, 0) is 62.1 Å². The summed E-state index contributed by atoms with van der Waals surface area (Å²) in [6.45, 7) is 7.58. The molecule has 2 amide bonds. The molecule has 3 aromatic rings. The van der Waals surface area contributed by atoms with Gasteiger partial charge in [0.05, 0.1) is 10.6 Å². The van der Waals surface area contributed by atoms with E-state index in [0.717, 1.165) is 15.4 Å². The van der Waals surface area contributed by atoms with Gasteiger partial charge in [-0.3, -0.25) is 13.9 Å². The van der Waals surface area contributed by atoms with E-state index in [1.165, 1.54) is 35.2 Å². The first-order chi connectivity index (χ1) is 18.9. The fourth-order valence-corrected chi connectivity index (χ4v) is 5.98. The highest BCUT2D eigenvalue weighted by Gasteiger charge is 2.32. The van der Waals surface area contributed by atoms with Crippen molar-refractivity contribution in [2.24, 2.45) is 5.92 Å². The van der Waals surface area contributed by atoms with Crippen molar-refractivity contribution in [3.05, 3.63) is 94.0 Å². The molecule has 0 aromatic heterocycles. The molecule has 3 rings (SSSR count). The van der Waals surface area contributed by atoms with Crippen molar-refractivity contribution in [2.75, 3.05) is 23.9 Å². The number of sulfonamides is 1. The Labute approximate surface area is 247 Å². The summed E-state index contributed by atoms with van der Waals surface area (Å²) in [5, 5.41) is 3.32. The Kier molecular flexibility index (Phi) is 11.0. The van der Waals surface area contributed by atoms with Crippen LogP contribution in [-0.2, 0) is 26.0 Å². The second-order valence-corrected chi connectivity index (χ2v) is 12.8. The van der Waals surface area contributed by atoms with Gasteiger partial charge in [0.1, 0.15) is 12.6 Å². The Morgan fingerprint density at radius 2 is 1.50 bits per heavy atom. The van der Waals surface area contributed by atoms with Crippen LogP contribution < -0.4 is 9.62 Å². The van der Waals surface area contributed by atoms with Crippen LogP contribution in [0.15, 0.2) is 77.7 Å². The molecule has 0 saturated carbocycles. The van der Waals surface area contributed by atoms with Gasteiger partial charge < -0.3 is 10.2 Å². The Morgan fingerprint density at radius 1 is 0.900 bits per heavy atom. The zero-order valence-corrected chi connectivity index (χ0v) is 25.4. The number of rotatable bonds is 12. The summed E-state index contributed by atoms with van der Waals surface area (Å²) in [4.78, 5) is 28.4. The molecular weight excluding hydrogens is 569 g/mol. The molecule has 10 heteroatoms. The third-order valence-corrected chi connectivity index (χ3v) is 8.58. The quantitative estimate of drug-likeness (QED) is 0.286. The van der Waals surface area contributed by atoms with Crippen molar-refractivity contribution < 1.29 is 18.0 Å². The monoisotopic (exact) mass is 603 g/mol. The highest BCUT2D eigenvalue weighted by Crippen LogP contribution is 2.30. The van der Waals surface area contributed by atoms with Gasteiger partial charge in [-0.2, -0.15) is 0 Å². The molecule has 0 fully saturated rings. The topological polar surface area (TPSA) is 86.8 Å². The average molecular weight is 605 g/mol. The Bertz CT molecular complexity index is 1390. The summed E-state index contributed by atoms with van der Waals surface area (Å²) in [5.74, 6) is -0.615. The number of hydrogen-bond acceptors (Lipinski definition) is 4. The van der Waals surface area contributed by atoms with E-state index in [0.29, 0.717) is 13.0 Å². The lowest BCUT2D eigenvalue weighted by molar-refractivity contribution is -0.138. The molecule has 1 atom stereocenters. The molecule has 0 aliphatic rings. The van der Waals surface area contributed by atoms with Crippen molar-refractivity contribution in [2.45, 2.75) is 45.1 Å². The molecule has 0 heterocycles. The zero-order valence-electron chi connectivity index (χ0n) is 23.1. The van der Waals surface area contributed by atoms with Crippen LogP contribution in [0.5, 0.6) is 0 Å². The van der Waals surface area contributed by atoms with Crippen LogP contribution in [0.3, 0.4) is 0 Å². The predicted octanol–water partition coefficient (Wildman–Crippen LogP) is 5.73. The summed E-state index contributed by atoms with van der Waals surface area (Å²) in [6, 6.07) is 19.5. The lowest BCUT2D eigenvalue weighted by Crippen LogP contribution is -2.52.